The van der Waals surface area contributed by atoms with E-state index in [1.54, 1.807) is 4.90 Å². The number of carboxylic acid groups (broad SMARTS) is 1. The summed E-state index contributed by atoms with van der Waals surface area (Å²) >= 11 is 0. The third-order valence-corrected chi connectivity index (χ3v) is 4.01. The normalized spacial score (nSPS) is 17.1. The van der Waals surface area contributed by atoms with Crippen LogP contribution in [0.4, 0.5) is 4.79 Å². The molecule has 5 N–H and O–H groups in total. The van der Waals surface area contributed by atoms with Gasteiger partial charge >= 0.3 is 12.0 Å². The van der Waals surface area contributed by atoms with Gasteiger partial charge in [-0.2, -0.15) is 0 Å². The number of hydrogen-bond donors (Lipinski definition) is 4. The molecule has 0 spiro atoms. The molecule has 0 saturated carbocycles. The fourth-order valence-electron chi connectivity index (χ4n) is 2.71. The number of carbonyl (C=O) groups is 2. The minimum absolute atomic E-state index is 0.0479. The van der Waals surface area contributed by atoms with Crippen LogP contribution < -0.4 is 11.1 Å². The molecule has 2 amide bonds. The van der Waals surface area contributed by atoms with Crippen molar-refractivity contribution in [2.24, 2.45) is 5.73 Å². The van der Waals surface area contributed by atoms with Gasteiger partial charge in [-0.05, 0) is 24.8 Å². The molecule has 23 heavy (non-hydrogen) atoms. The molecule has 1 atom stereocenters. The number of nitrogen functional groups attached to an aromatic ring is 1. The fourth-order valence-corrected chi connectivity index (χ4v) is 2.71. The zero-order valence-corrected chi connectivity index (χ0v) is 12.9. The number of nitrogens with one attached hydrogen (secondary N) is 2. The van der Waals surface area contributed by atoms with Crippen molar-refractivity contribution in [1.29, 1.82) is 5.41 Å². The largest absolute Gasteiger partial charge is 0.481 e. The van der Waals surface area contributed by atoms with Crippen molar-refractivity contribution in [2.45, 2.75) is 31.7 Å². The Hall–Kier alpha value is -2.57. The van der Waals surface area contributed by atoms with Crippen molar-refractivity contribution in [3.8, 4) is 0 Å². The third kappa shape index (κ3) is 4.70. The second-order valence-electron chi connectivity index (χ2n) is 5.68. The summed E-state index contributed by atoms with van der Waals surface area (Å²) in [5.74, 6) is -0.793. The van der Waals surface area contributed by atoms with Gasteiger partial charge in [0.2, 0.25) is 0 Å². The molecule has 0 bridgehead atoms. The highest BCUT2D eigenvalue weighted by Crippen LogP contribution is 2.16. The summed E-state index contributed by atoms with van der Waals surface area (Å²) in [5.41, 5.74) is 7.25. The Morgan fingerprint density at radius 1 is 1.39 bits per heavy atom. The van der Waals surface area contributed by atoms with Gasteiger partial charge in [-0.3, -0.25) is 10.2 Å². The molecule has 1 aliphatic rings. The Kier molecular flexibility index (Phi) is 5.56. The van der Waals surface area contributed by atoms with Gasteiger partial charge in [0.1, 0.15) is 5.84 Å². The van der Waals surface area contributed by atoms with E-state index >= 15 is 0 Å². The zero-order valence-electron chi connectivity index (χ0n) is 12.9. The van der Waals surface area contributed by atoms with Gasteiger partial charge in [-0.1, -0.05) is 24.3 Å². The van der Waals surface area contributed by atoms with Crippen LogP contribution in [0.25, 0.3) is 0 Å². The van der Waals surface area contributed by atoms with E-state index in [1.807, 2.05) is 24.3 Å². The average Bonchev–Trinajstić information content (AvgIpc) is 2.86. The highest BCUT2D eigenvalue weighted by atomic mass is 16.4. The summed E-state index contributed by atoms with van der Waals surface area (Å²) in [5, 5.41) is 18.9. The molecule has 2 rings (SSSR count). The summed E-state index contributed by atoms with van der Waals surface area (Å²) in [7, 11) is 0. The molecule has 7 heteroatoms. The molecule has 1 fully saturated rings. The minimum Gasteiger partial charge on any atom is -0.481 e. The number of benzene rings is 1. The number of amidine groups is 1. The number of aryl methyl sites for hydroxylation is 1. The van der Waals surface area contributed by atoms with Crippen molar-refractivity contribution in [1.82, 2.24) is 10.2 Å². The molecule has 124 valence electrons. The van der Waals surface area contributed by atoms with E-state index in [0.29, 0.717) is 25.1 Å². The standard InChI is InChI=1S/C16H22N4O3/c17-15(18)12-6-3-11(4-7-12)5-8-13-10-19-16(23)20(13)9-1-2-14(21)22/h3-4,6-7,13H,1-2,5,8-10H2,(H3,17,18)(H,19,23)(H,21,22). The van der Waals surface area contributed by atoms with Gasteiger partial charge in [0.15, 0.2) is 0 Å². The highest BCUT2D eigenvalue weighted by molar-refractivity contribution is 5.94. The van der Waals surface area contributed by atoms with Crippen molar-refractivity contribution >= 4 is 17.8 Å². The number of hydrogen-bond acceptors (Lipinski definition) is 3. The van der Waals surface area contributed by atoms with Crippen LogP contribution in [0.3, 0.4) is 0 Å². The second kappa shape index (κ2) is 7.62. The van der Waals surface area contributed by atoms with Crippen LogP contribution in [0.1, 0.15) is 30.4 Å². The van der Waals surface area contributed by atoms with Gasteiger partial charge in [0.25, 0.3) is 0 Å². The number of aliphatic carboxylic acids is 1. The van der Waals surface area contributed by atoms with E-state index in [1.165, 1.54) is 0 Å². The molecular formula is C16H22N4O3. The second-order valence-corrected chi connectivity index (χ2v) is 5.68. The molecule has 1 heterocycles. The number of nitrogens with two attached hydrogens (primary N) is 1. The first kappa shape index (κ1) is 16.8. The monoisotopic (exact) mass is 318 g/mol. The Labute approximate surface area is 135 Å². The predicted octanol–water partition coefficient (Wildman–Crippen LogP) is 1.16. The first-order chi connectivity index (χ1) is 11.0. The first-order valence-corrected chi connectivity index (χ1v) is 7.67. The number of urea groups is 1. The van der Waals surface area contributed by atoms with Crippen LogP contribution in [-0.2, 0) is 11.2 Å². The van der Waals surface area contributed by atoms with Gasteiger partial charge in [0.05, 0.1) is 6.04 Å². The van der Waals surface area contributed by atoms with E-state index in [9.17, 15) is 9.59 Å². The van der Waals surface area contributed by atoms with Crippen LogP contribution in [0.15, 0.2) is 24.3 Å². The SMILES string of the molecule is N=C(N)c1ccc(CCC2CNC(=O)N2CCCC(=O)O)cc1. The summed E-state index contributed by atoms with van der Waals surface area (Å²) < 4.78 is 0. The number of rotatable bonds is 8. The molecule has 0 radical (unpaired) electrons. The number of carboxylic acids is 1. The van der Waals surface area contributed by atoms with Crippen molar-refractivity contribution in [3.05, 3.63) is 35.4 Å². The Morgan fingerprint density at radius 2 is 2.09 bits per heavy atom. The van der Waals surface area contributed by atoms with Crippen LogP contribution in [0.2, 0.25) is 0 Å². The zero-order chi connectivity index (χ0) is 16.8. The Balaban J connectivity index is 1.86. The molecule has 0 aliphatic carbocycles. The molecule has 0 aromatic heterocycles. The Morgan fingerprint density at radius 3 is 2.70 bits per heavy atom. The maximum absolute atomic E-state index is 11.8. The summed E-state index contributed by atoms with van der Waals surface area (Å²) in [4.78, 5) is 24.1. The summed E-state index contributed by atoms with van der Waals surface area (Å²) in [6.07, 6.45) is 2.16. The third-order valence-electron chi connectivity index (χ3n) is 4.01. The number of nitrogens with zero attached hydrogens (tertiary/aromatic N) is 1. The average molecular weight is 318 g/mol. The highest BCUT2D eigenvalue weighted by Gasteiger charge is 2.29. The number of carbonyl (C=O) groups excluding carboxylic acids is 1. The minimum atomic E-state index is -0.841. The van der Waals surface area contributed by atoms with Crippen molar-refractivity contribution in [3.63, 3.8) is 0 Å². The molecule has 1 unspecified atom stereocenters. The summed E-state index contributed by atoms with van der Waals surface area (Å²) in [6.45, 7) is 1.06. The maximum Gasteiger partial charge on any atom is 0.317 e. The topological polar surface area (TPSA) is 120 Å². The van der Waals surface area contributed by atoms with E-state index in [0.717, 1.165) is 18.4 Å². The quantitative estimate of drug-likeness (QED) is 0.424. The lowest BCUT2D eigenvalue weighted by Crippen LogP contribution is -2.35. The van der Waals surface area contributed by atoms with Crippen molar-refractivity contribution in [2.75, 3.05) is 13.1 Å². The fraction of sp³-hybridized carbons (Fsp3) is 0.438. The Bertz CT molecular complexity index is 585. The lowest BCUT2D eigenvalue weighted by atomic mass is 10.0. The van der Waals surface area contributed by atoms with E-state index in [4.69, 9.17) is 16.2 Å². The molecule has 1 saturated heterocycles. The smallest absolute Gasteiger partial charge is 0.317 e. The lowest BCUT2D eigenvalue weighted by Gasteiger charge is -2.22. The molecule has 1 aromatic carbocycles. The van der Waals surface area contributed by atoms with Gasteiger partial charge in [-0.25, -0.2) is 4.79 Å². The molecule has 1 aromatic rings. The number of amides is 2. The van der Waals surface area contributed by atoms with Crippen LogP contribution in [-0.4, -0.2) is 47.0 Å². The summed E-state index contributed by atoms with van der Waals surface area (Å²) in [6, 6.07) is 7.49. The van der Waals surface area contributed by atoms with Gasteiger partial charge < -0.3 is 21.1 Å². The molecule has 1 aliphatic heterocycles. The molecule has 7 nitrogen and oxygen atoms in total. The van der Waals surface area contributed by atoms with E-state index < -0.39 is 5.97 Å². The van der Waals surface area contributed by atoms with Crippen molar-refractivity contribution < 1.29 is 14.7 Å². The van der Waals surface area contributed by atoms with Crippen LogP contribution in [0.5, 0.6) is 0 Å². The van der Waals surface area contributed by atoms with Crippen LogP contribution >= 0.6 is 0 Å². The predicted molar refractivity (Wildman–Crippen MR) is 86.5 cm³/mol. The van der Waals surface area contributed by atoms with E-state index in [2.05, 4.69) is 5.32 Å². The van der Waals surface area contributed by atoms with Gasteiger partial charge in [0, 0.05) is 25.1 Å². The first-order valence-electron chi connectivity index (χ1n) is 7.67. The molecular weight excluding hydrogens is 296 g/mol. The van der Waals surface area contributed by atoms with Crippen LogP contribution in [0, 0.1) is 5.41 Å². The van der Waals surface area contributed by atoms with E-state index in [-0.39, 0.29) is 24.3 Å². The van der Waals surface area contributed by atoms with Gasteiger partial charge in [-0.15, -0.1) is 0 Å². The maximum atomic E-state index is 11.8. The lowest BCUT2D eigenvalue weighted by molar-refractivity contribution is -0.137.